The van der Waals surface area contributed by atoms with Gasteiger partial charge in [0.1, 0.15) is 5.75 Å². The summed E-state index contributed by atoms with van der Waals surface area (Å²) in [5.74, 6) is 0.922. The Morgan fingerprint density at radius 1 is 1.32 bits per heavy atom. The molecule has 1 N–H and O–H groups in total. The SMILES string of the molecule is COc1cncc2cccc(S(=O)(=O)N3CC4CNC4C3)c12. The van der Waals surface area contributed by atoms with E-state index in [-0.39, 0.29) is 0 Å². The van der Waals surface area contributed by atoms with Gasteiger partial charge in [0.2, 0.25) is 10.0 Å². The highest BCUT2D eigenvalue weighted by atomic mass is 32.2. The lowest BCUT2D eigenvalue weighted by atomic mass is 9.96. The molecule has 2 fully saturated rings. The van der Waals surface area contributed by atoms with Gasteiger partial charge < -0.3 is 10.1 Å². The molecule has 6 nitrogen and oxygen atoms in total. The molecular weight excluding hydrogens is 302 g/mol. The molecule has 0 radical (unpaired) electrons. The van der Waals surface area contributed by atoms with Gasteiger partial charge in [0.15, 0.2) is 0 Å². The average Bonchev–Trinajstić information content (AvgIpc) is 2.81. The Hall–Kier alpha value is -1.70. The fourth-order valence-electron chi connectivity index (χ4n) is 3.29. The summed E-state index contributed by atoms with van der Waals surface area (Å²) in [6.07, 6.45) is 3.21. The number of fused-ring (bicyclic) bond motifs is 2. The Balaban J connectivity index is 1.86. The third kappa shape index (κ3) is 1.93. The summed E-state index contributed by atoms with van der Waals surface area (Å²) in [5, 5.41) is 4.65. The first-order valence-electron chi connectivity index (χ1n) is 7.25. The molecule has 7 heteroatoms. The number of hydrogen-bond acceptors (Lipinski definition) is 5. The molecule has 0 saturated carbocycles. The van der Waals surface area contributed by atoms with E-state index in [1.807, 2.05) is 6.07 Å². The molecule has 3 heterocycles. The lowest BCUT2D eigenvalue weighted by molar-refractivity contribution is 0.297. The number of aromatic nitrogens is 1. The first-order chi connectivity index (χ1) is 10.6. The monoisotopic (exact) mass is 319 g/mol. The van der Waals surface area contributed by atoms with E-state index in [2.05, 4.69) is 10.3 Å². The van der Waals surface area contributed by atoms with Crippen LogP contribution in [0.1, 0.15) is 0 Å². The minimum atomic E-state index is -3.54. The third-order valence-electron chi connectivity index (χ3n) is 4.60. The highest BCUT2D eigenvalue weighted by Crippen LogP contribution is 2.35. The number of nitrogens with one attached hydrogen (secondary N) is 1. The molecule has 2 unspecified atom stereocenters. The molecular formula is C15H17N3O3S. The fourth-order valence-corrected chi connectivity index (χ4v) is 5.04. The summed E-state index contributed by atoms with van der Waals surface area (Å²) < 4.78 is 33.0. The van der Waals surface area contributed by atoms with Crippen LogP contribution in [0.2, 0.25) is 0 Å². The highest BCUT2D eigenvalue weighted by Gasteiger charge is 2.44. The van der Waals surface area contributed by atoms with E-state index in [1.54, 1.807) is 28.8 Å². The summed E-state index contributed by atoms with van der Waals surface area (Å²) in [7, 11) is -2.01. The Labute approximate surface area is 129 Å². The number of hydrogen-bond donors (Lipinski definition) is 1. The van der Waals surface area contributed by atoms with Crippen molar-refractivity contribution >= 4 is 20.8 Å². The van der Waals surface area contributed by atoms with E-state index in [0.717, 1.165) is 11.9 Å². The molecule has 0 spiro atoms. The quantitative estimate of drug-likeness (QED) is 0.907. The first-order valence-corrected chi connectivity index (χ1v) is 8.69. The second-order valence-corrected chi connectivity index (χ2v) is 7.70. The number of methoxy groups -OCH3 is 1. The van der Waals surface area contributed by atoms with Crippen LogP contribution in [0.25, 0.3) is 10.8 Å². The first kappa shape index (κ1) is 13.9. The predicted molar refractivity (Wildman–Crippen MR) is 82.3 cm³/mol. The smallest absolute Gasteiger partial charge is 0.243 e. The van der Waals surface area contributed by atoms with Crippen molar-refractivity contribution in [2.45, 2.75) is 10.9 Å². The molecule has 2 aromatic rings. The molecule has 2 atom stereocenters. The van der Waals surface area contributed by atoms with Crippen LogP contribution in [0, 0.1) is 5.92 Å². The summed E-state index contributed by atoms with van der Waals surface area (Å²) >= 11 is 0. The summed E-state index contributed by atoms with van der Waals surface area (Å²) in [6.45, 7) is 2.03. The Kier molecular flexibility index (Phi) is 3.11. The molecule has 0 bridgehead atoms. The lowest BCUT2D eigenvalue weighted by Crippen LogP contribution is -2.51. The van der Waals surface area contributed by atoms with Gasteiger partial charge in [-0.2, -0.15) is 4.31 Å². The van der Waals surface area contributed by atoms with Crippen LogP contribution in [-0.4, -0.2) is 50.5 Å². The molecule has 1 aromatic heterocycles. The van der Waals surface area contributed by atoms with Crippen molar-refractivity contribution in [3.05, 3.63) is 30.6 Å². The van der Waals surface area contributed by atoms with Gasteiger partial charge in [-0.1, -0.05) is 12.1 Å². The van der Waals surface area contributed by atoms with Gasteiger partial charge in [-0.25, -0.2) is 8.42 Å². The van der Waals surface area contributed by atoms with Crippen molar-refractivity contribution in [2.75, 3.05) is 26.7 Å². The number of ether oxygens (including phenoxy) is 1. The van der Waals surface area contributed by atoms with Gasteiger partial charge in [0, 0.05) is 48.6 Å². The second-order valence-electron chi connectivity index (χ2n) is 5.79. The number of sulfonamides is 1. The number of benzene rings is 1. The van der Waals surface area contributed by atoms with Gasteiger partial charge >= 0.3 is 0 Å². The molecule has 2 aliphatic heterocycles. The van der Waals surface area contributed by atoms with Crippen LogP contribution in [0.15, 0.2) is 35.5 Å². The van der Waals surface area contributed by atoms with Crippen LogP contribution < -0.4 is 10.1 Å². The van der Waals surface area contributed by atoms with Crippen molar-refractivity contribution in [3.63, 3.8) is 0 Å². The molecule has 116 valence electrons. The minimum absolute atomic E-state index is 0.297. The number of nitrogens with zero attached hydrogens (tertiary/aromatic N) is 2. The third-order valence-corrected chi connectivity index (χ3v) is 6.47. The Morgan fingerprint density at radius 3 is 2.82 bits per heavy atom. The number of rotatable bonds is 3. The van der Waals surface area contributed by atoms with Crippen molar-refractivity contribution in [1.82, 2.24) is 14.6 Å². The maximum atomic E-state index is 13.1. The second kappa shape index (κ2) is 4.91. The zero-order valence-corrected chi connectivity index (χ0v) is 13.0. The lowest BCUT2D eigenvalue weighted by Gasteiger charge is -2.30. The number of pyridine rings is 1. The van der Waals surface area contributed by atoms with Gasteiger partial charge in [-0.15, -0.1) is 0 Å². The summed E-state index contributed by atoms with van der Waals surface area (Å²) in [5.41, 5.74) is 0. The van der Waals surface area contributed by atoms with E-state index in [0.29, 0.717) is 41.1 Å². The molecule has 22 heavy (non-hydrogen) atoms. The largest absolute Gasteiger partial charge is 0.494 e. The fraction of sp³-hybridized carbons (Fsp3) is 0.400. The maximum Gasteiger partial charge on any atom is 0.243 e. The van der Waals surface area contributed by atoms with Crippen molar-refractivity contribution in [1.29, 1.82) is 0 Å². The van der Waals surface area contributed by atoms with Crippen LogP contribution in [-0.2, 0) is 10.0 Å². The van der Waals surface area contributed by atoms with Crippen LogP contribution in [0.5, 0.6) is 5.75 Å². The van der Waals surface area contributed by atoms with Crippen LogP contribution in [0.4, 0.5) is 0 Å². The van der Waals surface area contributed by atoms with Crippen LogP contribution in [0.3, 0.4) is 0 Å². The standard InChI is InChI=1S/C15H17N3O3S/c1-21-13-7-16-5-10-3-2-4-14(15(10)13)22(19,20)18-8-11-6-17-12(11)9-18/h2-5,7,11-12,17H,6,8-9H2,1H3. The van der Waals surface area contributed by atoms with E-state index in [9.17, 15) is 8.42 Å². The topological polar surface area (TPSA) is 71.5 Å². The minimum Gasteiger partial charge on any atom is -0.494 e. The van der Waals surface area contributed by atoms with E-state index >= 15 is 0 Å². The summed E-state index contributed by atoms with van der Waals surface area (Å²) in [6, 6.07) is 5.54. The van der Waals surface area contributed by atoms with Crippen molar-refractivity contribution in [3.8, 4) is 5.75 Å². The van der Waals surface area contributed by atoms with E-state index < -0.39 is 10.0 Å². The van der Waals surface area contributed by atoms with Gasteiger partial charge in [0.25, 0.3) is 0 Å². The highest BCUT2D eigenvalue weighted by molar-refractivity contribution is 7.89. The van der Waals surface area contributed by atoms with E-state index in [1.165, 1.54) is 7.11 Å². The van der Waals surface area contributed by atoms with E-state index in [4.69, 9.17) is 4.74 Å². The zero-order valence-electron chi connectivity index (χ0n) is 12.2. The van der Waals surface area contributed by atoms with Gasteiger partial charge in [0.05, 0.1) is 18.2 Å². The normalized spacial score (nSPS) is 25.0. The molecule has 2 aliphatic rings. The zero-order chi connectivity index (χ0) is 15.3. The summed E-state index contributed by atoms with van der Waals surface area (Å²) in [4.78, 5) is 4.39. The van der Waals surface area contributed by atoms with Crippen LogP contribution >= 0.6 is 0 Å². The molecule has 2 saturated heterocycles. The molecule has 0 amide bonds. The van der Waals surface area contributed by atoms with Crippen molar-refractivity contribution in [2.24, 2.45) is 5.92 Å². The molecule has 0 aliphatic carbocycles. The molecule has 1 aromatic carbocycles. The average molecular weight is 319 g/mol. The van der Waals surface area contributed by atoms with Crippen molar-refractivity contribution < 1.29 is 13.2 Å². The molecule has 4 rings (SSSR count). The van der Waals surface area contributed by atoms with Gasteiger partial charge in [-0.05, 0) is 6.07 Å². The Bertz CT molecular complexity index is 820. The predicted octanol–water partition coefficient (Wildman–Crippen LogP) is 0.836. The van der Waals surface area contributed by atoms with Gasteiger partial charge in [-0.3, -0.25) is 4.98 Å². The Morgan fingerprint density at radius 2 is 2.18 bits per heavy atom. The maximum absolute atomic E-state index is 13.1.